The molecule has 1 heterocycles. The Hall–Kier alpha value is -0.590. The van der Waals surface area contributed by atoms with Gasteiger partial charge < -0.3 is 4.74 Å². The van der Waals surface area contributed by atoms with Gasteiger partial charge in [0, 0.05) is 29.5 Å². The molecule has 0 radical (unpaired) electrons. The third kappa shape index (κ3) is 4.78. The first-order valence-electron chi connectivity index (χ1n) is 6.36. The number of hydrogen-bond acceptors (Lipinski definition) is 4. The summed E-state index contributed by atoms with van der Waals surface area (Å²) in [5, 5.41) is 4.27. The van der Waals surface area contributed by atoms with Crippen molar-refractivity contribution in [2.45, 2.75) is 51.7 Å². The Labute approximate surface area is 119 Å². The molecule has 0 saturated carbocycles. The molecule has 0 aliphatic rings. The van der Waals surface area contributed by atoms with Crippen LogP contribution in [0.15, 0.2) is 11.1 Å². The van der Waals surface area contributed by atoms with E-state index in [9.17, 15) is 8.42 Å². The number of ether oxygens (including phenoxy) is 1. The van der Waals surface area contributed by atoms with E-state index in [0.29, 0.717) is 18.2 Å². The Morgan fingerprint density at radius 2 is 2.05 bits per heavy atom. The van der Waals surface area contributed by atoms with Crippen LogP contribution in [0.2, 0.25) is 0 Å². The van der Waals surface area contributed by atoms with E-state index in [1.54, 1.807) is 4.68 Å². The average molecular weight is 309 g/mol. The highest BCUT2D eigenvalue weighted by Gasteiger charge is 2.21. The van der Waals surface area contributed by atoms with E-state index in [1.165, 1.54) is 6.20 Å². The fraction of sp³-hybridized carbons (Fsp3) is 0.750. The summed E-state index contributed by atoms with van der Waals surface area (Å²) in [7, 11) is 1.63. The Morgan fingerprint density at radius 3 is 2.53 bits per heavy atom. The molecule has 0 spiro atoms. The second-order valence-corrected chi connectivity index (χ2v) is 7.56. The van der Waals surface area contributed by atoms with Gasteiger partial charge in [-0.05, 0) is 19.3 Å². The number of halogens is 1. The van der Waals surface area contributed by atoms with E-state index in [1.807, 2.05) is 27.7 Å². The van der Waals surface area contributed by atoms with E-state index < -0.39 is 9.05 Å². The van der Waals surface area contributed by atoms with Gasteiger partial charge in [-0.15, -0.1) is 0 Å². The van der Waals surface area contributed by atoms with Crippen molar-refractivity contribution in [3.63, 3.8) is 0 Å². The first-order chi connectivity index (χ1) is 8.75. The van der Waals surface area contributed by atoms with Gasteiger partial charge in [-0.25, -0.2) is 8.42 Å². The summed E-state index contributed by atoms with van der Waals surface area (Å²) in [5.41, 5.74) is 0.371. The second-order valence-electron chi connectivity index (χ2n) is 5.02. The van der Waals surface area contributed by atoms with E-state index in [4.69, 9.17) is 15.4 Å². The summed E-state index contributed by atoms with van der Waals surface area (Å²) in [6, 6.07) is 0.121. The zero-order valence-electron chi connectivity index (χ0n) is 11.8. The number of rotatable bonds is 7. The van der Waals surface area contributed by atoms with E-state index in [0.717, 1.165) is 6.42 Å². The molecule has 7 heteroatoms. The highest BCUT2D eigenvalue weighted by atomic mass is 35.7. The van der Waals surface area contributed by atoms with Crippen LogP contribution in [0.25, 0.3) is 0 Å². The Balaban J connectivity index is 2.97. The van der Waals surface area contributed by atoms with Crippen molar-refractivity contribution < 1.29 is 13.2 Å². The minimum Gasteiger partial charge on any atom is -0.375 e. The fourth-order valence-electron chi connectivity index (χ4n) is 1.52. The lowest BCUT2D eigenvalue weighted by Gasteiger charge is -2.08. The molecule has 0 bridgehead atoms. The lowest BCUT2D eigenvalue weighted by Crippen LogP contribution is -2.06. The molecule has 0 saturated heterocycles. The van der Waals surface area contributed by atoms with Crippen LogP contribution in [0, 0.1) is 5.92 Å². The number of aromatic nitrogens is 2. The van der Waals surface area contributed by atoms with E-state index >= 15 is 0 Å². The molecular formula is C12H21ClN2O3S. The molecule has 110 valence electrons. The number of nitrogens with zero attached hydrogens (tertiary/aromatic N) is 2. The molecule has 5 nitrogen and oxygen atoms in total. The third-order valence-electron chi connectivity index (χ3n) is 2.77. The lowest BCUT2D eigenvalue weighted by atomic mass is 10.2. The van der Waals surface area contributed by atoms with Crippen LogP contribution >= 0.6 is 10.7 Å². The molecule has 0 amide bonds. The molecule has 19 heavy (non-hydrogen) atoms. The Kier molecular flexibility index (Phi) is 5.82. The largest absolute Gasteiger partial charge is 0.375 e. The molecule has 0 N–H and O–H groups in total. The first kappa shape index (κ1) is 16.5. The normalized spacial score (nSPS) is 14.0. The maximum atomic E-state index is 11.5. The standard InChI is InChI=1S/C12H21ClN2O3S/c1-5-10(4)15-6-12(19(13,16)17)11(14-15)8-18-7-9(2)3/h6,9-10H,5,7-8H2,1-4H3/t10-/m1/s1. The van der Waals surface area contributed by atoms with Crippen LogP contribution < -0.4 is 0 Å². The van der Waals surface area contributed by atoms with Gasteiger partial charge in [0.15, 0.2) is 0 Å². The van der Waals surface area contributed by atoms with Crippen molar-refractivity contribution in [1.82, 2.24) is 9.78 Å². The smallest absolute Gasteiger partial charge is 0.264 e. The second kappa shape index (κ2) is 6.72. The molecular weight excluding hydrogens is 288 g/mol. The minimum absolute atomic E-state index is 0.0400. The predicted molar refractivity (Wildman–Crippen MR) is 74.8 cm³/mol. The zero-order chi connectivity index (χ0) is 14.6. The molecule has 0 aromatic carbocycles. The third-order valence-corrected chi connectivity index (χ3v) is 4.13. The van der Waals surface area contributed by atoms with Gasteiger partial charge in [0.2, 0.25) is 0 Å². The maximum absolute atomic E-state index is 11.5. The summed E-state index contributed by atoms with van der Waals surface area (Å²) in [4.78, 5) is 0.0400. The van der Waals surface area contributed by atoms with Gasteiger partial charge in [-0.2, -0.15) is 5.10 Å². The summed E-state index contributed by atoms with van der Waals surface area (Å²) in [5.74, 6) is 0.382. The van der Waals surface area contributed by atoms with Crippen molar-refractivity contribution >= 4 is 19.7 Å². The maximum Gasteiger partial charge on any atom is 0.264 e. The van der Waals surface area contributed by atoms with Gasteiger partial charge in [0.05, 0.1) is 6.61 Å². The molecule has 1 rings (SSSR count). The van der Waals surface area contributed by atoms with Crippen LogP contribution in [-0.4, -0.2) is 24.8 Å². The van der Waals surface area contributed by atoms with Gasteiger partial charge in [0.1, 0.15) is 10.6 Å². The SMILES string of the molecule is CC[C@@H](C)n1cc(S(=O)(=O)Cl)c(COCC(C)C)n1. The zero-order valence-corrected chi connectivity index (χ0v) is 13.3. The van der Waals surface area contributed by atoms with Crippen molar-refractivity contribution in [3.8, 4) is 0 Å². The highest BCUT2D eigenvalue weighted by molar-refractivity contribution is 8.13. The topological polar surface area (TPSA) is 61.2 Å². The van der Waals surface area contributed by atoms with Crippen molar-refractivity contribution in [2.75, 3.05) is 6.61 Å². The monoisotopic (exact) mass is 308 g/mol. The molecule has 0 aliphatic heterocycles. The summed E-state index contributed by atoms with van der Waals surface area (Å²) >= 11 is 0. The summed E-state index contributed by atoms with van der Waals surface area (Å²) < 4.78 is 30.1. The van der Waals surface area contributed by atoms with Crippen molar-refractivity contribution in [3.05, 3.63) is 11.9 Å². The predicted octanol–water partition coefficient (Wildman–Crippen LogP) is 2.95. The number of hydrogen-bond donors (Lipinski definition) is 0. The van der Waals surface area contributed by atoms with Gasteiger partial charge >= 0.3 is 0 Å². The first-order valence-corrected chi connectivity index (χ1v) is 8.67. The van der Waals surface area contributed by atoms with Crippen molar-refractivity contribution in [1.29, 1.82) is 0 Å². The average Bonchev–Trinajstić information content (AvgIpc) is 2.71. The molecule has 1 atom stereocenters. The van der Waals surface area contributed by atoms with E-state index in [-0.39, 0.29) is 17.5 Å². The van der Waals surface area contributed by atoms with Crippen molar-refractivity contribution in [2.24, 2.45) is 5.92 Å². The van der Waals surface area contributed by atoms with E-state index in [2.05, 4.69) is 5.10 Å². The summed E-state index contributed by atoms with van der Waals surface area (Å²) in [6.07, 6.45) is 2.33. The lowest BCUT2D eigenvalue weighted by molar-refractivity contribution is 0.0929. The fourth-order valence-corrected chi connectivity index (χ4v) is 2.52. The van der Waals surface area contributed by atoms with Crippen LogP contribution in [0.5, 0.6) is 0 Å². The molecule has 1 aromatic rings. The quantitative estimate of drug-likeness (QED) is 0.727. The Bertz CT molecular complexity index is 511. The van der Waals surface area contributed by atoms with Gasteiger partial charge in [0.25, 0.3) is 9.05 Å². The highest BCUT2D eigenvalue weighted by Crippen LogP contribution is 2.22. The van der Waals surface area contributed by atoms with Crippen LogP contribution in [-0.2, 0) is 20.4 Å². The molecule has 0 fully saturated rings. The van der Waals surface area contributed by atoms with Gasteiger partial charge in [-0.1, -0.05) is 20.8 Å². The summed E-state index contributed by atoms with van der Waals surface area (Å²) in [6.45, 7) is 8.74. The van der Waals surface area contributed by atoms with Crippen LogP contribution in [0.4, 0.5) is 0 Å². The molecule has 1 aromatic heterocycles. The van der Waals surface area contributed by atoms with Gasteiger partial charge in [-0.3, -0.25) is 4.68 Å². The van der Waals surface area contributed by atoms with Crippen LogP contribution in [0.1, 0.15) is 45.9 Å². The Morgan fingerprint density at radius 1 is 1.42 bits per heavy atom. The van der Waals surface area contributed by atoms with Crippen LogP contribution in [0.3, 0.4) is 0 Å². The molecule has 0 aliphatic carbocycles. The molecule has 0 unspecified atom stereocenters. The minimum atomic E-state index is -3.80.